The Kier molecular flexibility index (Phi) is 5.67. The monoisotopic (exact) mass is 294 g/mol. The Hall–Kier alpha value is -1.50. The number of rotatable bonds is 5. The number of nitrogens with zero attached hydrogens (tertiary/aromatic N) is 1. The van der Waals surface area contributed by atoms with Crippen molar-refractivity contribution in [2.24, 2.45) is 11.5 Å². The predicted molar refractivity (Wildman–Crippen MR) is 81.2 cm³/mol. The van der Waals surface area contributed by atoms with Gasteiger partial charge in [0.15, 0.2) is 0 Å². The minimum Gasteiger partial charge on any atom is -0.330 e. The van der Waals surface area contributed by atoms with Crippen LogP contribution in [0.15, 0.2) is 18.2 Å². The second-order valence-electron chi connectivity index (χ2n) is 5.51. The molecule has 21 heavy (non-hydrogen) atoms. The van der Waals surface area contributed by atoms with Gasteiger partial charge >= 0.3 is 0 Å². The van der Waals surface area contributed by atoms with Gasteiger partial charge in [-0.1, -0.05) is 6.07 Å². The van der Waals surface area contributed by atoms with Crippen LogP contribution in [-0.2, 0) is 11.3 Å². The van der Waals surface area contributed by atoms with Crippen LogP contribution in [0.3, 0.4) is 0 Å². The number of anilines is 1. The van der Waals surface area contributed by atoms with Gasteiger partial charge in [0.2, 0.25) is 5.91 Å². The summed E-state index contributed by atoms with van der Waals surface area (Å²) in [5, 5.41) is 2.52. The van der Waals surface area contributed by atoms with E-state index >= 15 is 0 Å². The van der Waals surface area contributed by atoms with Crippen molar-refractivity contribution >= 4 is 11.6 Å². The number of hydrogen-bond donors (Lipinski definition) is 3. The van der Waals surface area contributed by atoms with Crippen LogP contribution >= 0.6 is 0 Å². The summed E-state index contributed by atoms with van der Waals surface area (Å²) >= 11 is 0. The average molecular weight is 294 g/mol. The molecular formula is C15H23FN4O. The van der Waals surface area contributed by atoms with Crippen molar-refractivity contribution in [3.8, 4) is 0 Å². The molecule has 0 bridgehead atoms. The first-order valence-corrected chi connectivity index (χ1v) is 7.35. The SMILES string of the molecule is NCCC(=O)Nc1ccc(CN2CCC(N)CC2)cc1F. The van der Waals surface area contributed by atoms with Crippen LogP contribution in [0.2, 0.25) is 0 Å². The maximum Gasteiger partial charge on any atom is 0.225 e. The van der Waals surface area contributed by atoms with Gasteiger partial charge in [0, 0.05) is 25.6 Å². The number of likely N-dealkylation sites (tertiary alicyclic amines) is 1. The molecule has 5 N–H and O–H groups in total. The number of piperidine rings is 1. The number of halogens is 1. The van der Waals surface area contributed by atoms with Crippen LogP contribution in [-0.4, -0.2) is 36.5 Å². The van der Waals surface area contributed by atoms with Gasteiger partial charge in [-0.15, -0.1) is 0 Å². The van der Waals surface area contributed by atoms with E-state index in [2.05, 4.69) is 10.2 Å². The summed E-state index contributed by atoms with van der Waals surface area (Å²) in [7, 11) is 0. The van der Waals surface area contributed by atoms with Crippen molar-refractivity contribution < 1.29 is 9.18 Å². The van der Waals surface area contributed by atoms with Gasteiger partial charge in [0.1, 0.15) is 5.82 Å². The van der Waals surface area contributed by atoms with Crippen molar-refractivity contribution in [3.63, 3.8) is 0 Å². The lowest BCUT2D eigenvalue weighted by Crippen LogP contribution is -2.39. The van der Waals surface area contributed by atoms with E-state index in [0.717, 1.165) is 31.5 Å². The van der Waals surface area contributed by atoms with Crippen molar-refractivity contribution in [1.29, 1.82) is 0 Å². The first-order valence-electron chi connectivity index (χ1n) is 7.35. The first kappa shape index (κ1) is 15.9. The maximum atomic E-state index is 14.0. The van der Waals surface area contributed by atoms with E-state index in [-0.39, 0.29) is 30.6 Å². The molecule has 1 fully saturated rings. The number of nitrogens with two attached hydrogens (primary N) is 2. The number of carbonyl (C=O) groups is 1. The zero-order valence-electron chi connectivity index (χ0n) is 12.1. The number of benzene rings is 1. The van der Waals surface area contributed by atoms with E-state index in [9.17, 15) is 9.18 Å². The fourth-order valence-corrected chi connectivity index (χ4v) is 2.47. The molecule has 1 heterocycles. The third-order valence-corrected chi connectivity index (χ3v) is 3.72. The Morgan fingerprint density at radius 1 is 1.38 bits per heavy atom. The summed E-state index contributed by atoms with van der Waals surface area (Å²) in [5.74, 6) is -0.680. The van der Waals surface area contributed by atoms with E-state index in [1.807, 2.05) is 6.07 Å². The molecule has 1 aliphatic heterocycles. The van der Waals surface area contributed by atoms with Gasteiger partial charge in [-0.05, 0) is 43.6 Å². The molecule has 116 valence electrons. The average Bonchev–Trinajstić information content (AvgIpc) is 2.45. The van der Waals surface area contributed by atoms with Crippen molar-refractivity contribution in [2.45, 2.75) is 31.8 Å². The highest BCUT2D eigenvalue weighted by atomic mass is 19.1. The van der Waals surface area contributed by atoms with Gasteiger partial charge in [-0.2, -0.15) is 0 Å². The third kappa shape index (κ3) is 4.77. The molecule has 2 rings (SSSR count). The van der Waals surface area contributed by atoms with Crippen LogP contribution in [0.1, 0.15) is 24.8 Å². The molecule has 1 amide bonds. The number of hydrogen-bond acceptors (Lipinski definition) is 4. The zero-order chi connectivity index (χ0) is 15.2. The highest BCUT2D eigenvalue weighted by Crippen LogP contribution is 2.18. The molecule has 0 spiro atoms. The molecule has 1 aromatic rings. The summed E-state index contributed by atoms with van der Waals surface area (Å²) in [4.78, 5) is 13.7. The maximum absolute atomic E-state index is 14.0. The minimum absolute atomic E-state index is 0.190. The Labute approximate surface area is 124 Å². The Balaban J connectivity index is 1.93. The van der Waals surface area contributed by atoms with Crippen molar-refractivity contribution in [3.05, 3.63) is 29.6 Å². The molecule has 1 aliphatic rings. The Morgan fingerprint density at radius 3 is 2.71 bits per heavy atom. The van der Waals surface area contributed by atoms with E-state index < -0.39 is 5.82 Å². The van der Waals surface area contributed by atoms with Crippen LogP contribution in [0, 0.1) is 5.82 Å². The van der Waals surface area contributed by atoms with Crippen LogP contribution in [0.5, 0.6) is 0 Å². The van der Waals surface area contributed by atoms with E-state index in [1.54, 1.807) is 6.07 Å². The number of nitrogens with one attached hydrogen (secondary N) is 1. The lowest BCUT2D eigenvalue weighted by Gasteiger charge is -2.30. The normalized spacial score (nSPS) is 16.9. The highest BCUT2D eigenvalue weighted by Gasteiger charge is 2.16. The molecule has 6 heteroatoms. The number of carbonyl (C=O) groups excluding carboxylic acids is 1. The molecule has 1 saturated heterocycles. The van der Waals surface area contributed by atoms with E-state index in [0.29, 0.717) is 6.54 Å². The molecule has 0 atom stereocenters. The molecule has 0 saturated carbocycles. The van der Waals surface area contributed by atoms with Crippen LogP contribution in [0.25, 0.3) is 0 Å². The summed E-state index contributed by atoms with van der Waals surface area (Å²) in [5.41, 5.74) is 12.3. The number of amides is 1. The van der Waals surface area contributed by atoms with Crippen molar-refractivity contribution in [2.75, 3.05) is 25.0 Å². The van der Waals surface area contributed by atoms with E-state index in [4.69, 9.17) is 11.5 Å². The fraction of sp³-hybridized carbons (Fsp3) is 0.533. The van der Waals surface area contributed by atoms with Gasteiger partial charge in [-0.3, -0.25) is 9.69 Å². The summed E-state index contributed by atoms with van der Waals surface area (Å²) in [6.45, 7) is 2.85. The molecule has 0 radical (unpaired) electrons. The van der Waals surface area contributed by atoms with Crippen LogP contribution < -0.4 is 16.8 Å². The molecular weight excluding hydrogens is 271 g/mol. The molecule has 1 aromatic carbocycles. The van der Waals surface area contributed by atoms with Gasteiger partial charge in [-0.25, -0.2) is 4.39 Å². The minimum atomic E-state index is -0.411. The molecule has 0 unspecified atom stereocenters. The predicted octanol–water partition coefficient (Wildman–Crippen LogP) is 1.04. The second-order valence-corrected chi connectivity index (χ2v) is 5.51. The fourth-order valence-electron chi connectivity index (χ4n) is 2.47. The molecule has 5 nitrogen and oxygen atoms in total. The van der Waals surface area contributed by atoms with Gasteiger partial charge in [0.25, 0.3) is 0 Å². The second kappa shape index (κ2) is 7.49. The van der Waals surface area contributed by atoms with Gasteiger partial charge < -0.3 is 16.8 Å². The molecule has 0 aromatic heterocycles. The lowest BCUT2D eigenvalue weighted by molar-refractivity contribution is -0.116. The summed E-state index contributed by atoms with van der Waals surface area (Å²) < 4.78 is 14.0. The quantitative estimate of drug-likeness (QED) is 0.757. The third-order valence-electron chi connectivity index (χ3n) is 3.72. The van der Waals surface area contributed by atoms with Gasteiger partial charge in [0.05, 0.1) is 5.69 Å². The lowest BCUT2D eigenvalue weighted by atomic mass is 10.1. The van der Waals surface area contributed by atoms with Crippen LogP contribution in [0.4, 0.5) is 10.1 Å². The highest BCUT2D eigenvalue weighted by molar-refractivity contribution is 5.90. The summed E-state index contributed by atoms with van der Waals surface area (Å²) in [6.07, 6.45) is 2.15. The smallest absolute Gasteiger partial charge is 0.225 e. The Morgan fingerprint density at radius 2 is 2.10 bits per heavy atom. The first-order chi connectivity index (χ1) is 10.1. The largest absolute Gasteiger partial charge is 0.330 e. The van der Waals surface area contributed by atoms with Crippen molar-refractivity contribution in [1.82, 2.24) is 4.90 Å². The Bertz CT molecular complexity index is 487. The standard InChI is InChI=1S/C15H23FN4O/c16-13-9-11(10-20-7-4-12(18)5-8-20)1-2-14(13)19-15(21)3-6-17/h1-2,9,12H,3-8,10,17-18H2,(H,19,21). The topological polar surface area (TPSA) is 84.4 Å². The zero-order valence-corrected chi connectivity index (χ0v) is 12.1. The summed E-state index contributed by atoms with van der Waals surface area (Å²) in [6, 6.07) is 5.22. The van der Waals surface area contributed by atoms with E-state index in [1.165, 1.54) is 6.07 Å². The molecule has 0 aliphatic carbocycles.